The number of carbonyl (C=O) groups excluding carboxylic acids is 1. The van der Waals surface area contributed by atoms with Gasteiger partial charge in [-0.25, -0.2) is 4.98 Å². The van der Waals surface area contributed by atoms with Gasteiger partial charge < -0.3 is 20.9 Å². The Kier molecular flexibility index (Phi) is 8.38. The maximum atomic E-state index is 11.3. The second-order valence-electron chi connectivity index (χ2n) is 4.98. The standard InChI is InChI=1S/C14H21ClN6O.HI/c1-16-12(22)8-19-14(17-2)20-10-5-7-21(9-10)13-11(15)4-3-6-18-13;/h3-4,6,10H,5,7-9H2,1-2H3,(H,16,22)(H2,17,19,20);1H. The molecular formula is C14H22ClIN6O. The van der Waals surface area contributed by atoms with E-state index in [2.05, 4.69) is 30.8 Å². The quantitative estimate of drug-likeness (QED) is 0.358. The van der Waals surface area contributed by atoms with Crippen molar-refractivity contribution in [2.45, 2.75) is 12.5 Å². The van der Waals surface area contributed by atoms with Gasteiger partial charge in [-0.15, -0.1) is 24.0 Å². The number of hydrogen-bond donors (Lipinski definition) is 3. The van der Waals surface area contributed by atoms with Crippen LogP contribution >= 0.6 is 35.6 Å². The molecule has 1 aromatic rings. The highest BCUT2D eigenvalue weighted by Crippen LogP contribution is 2.25. The fourth-order valence-corrected chi connectivity index (χ4v) is 2.56. The van der Waals surface area contributed by atoms with E-state index in [1.165, 1.54) is 0 Å². The number of aliphatic imine (C=N–C) groups is 1. The first-order valence-corrected chi connectivity index (χ1v) is 7.55. The monoisotopic (exact) mass is 452 g/mol. The summed E-state index contributed by atoms with van der Waals surface area (Å²) in [6.07, 6.45) is 2.69. The van der Waals surface area contributed by atoms with E-state index in [-0.39, 0.29) is 42.5 Å². The molecule has 1 aliphatic rings. The maximum absolute atomic E-state index is 11.3. The van der Waals surface area contributed by atoms with E-state index in [1.807, 2.05) is 12.1 Å². The van der Waals surface area contributed by atoms with Crippen LogP contribution in [0.15, 0.2) is 23.3 Å². The van der Waals surface area contributed by atoms with Gasteiger partial charge in [0.15, 0.2) is 5.96 Å². The Hall–Kier alpha value is -1.29. The lowest BCUT2D eigenvalue weighted by molar-refractivity contribution is -0.119. The van der Waals surface area contributed by atoms with Gasteiger partial charge in [-0.1, -0.05) is 11.6 Å². The third-order valence-corrected chi connectivity index (χ3v) is 3.78. The van der Waals surface area contributed by atoms with Gasteiger partial charge in [0.1, 0.15) is 5.82 Å². The van der Waals surface area contributed by atoms with E-state index in [4.69, 9.17) is 11.6 Å². The van der Waals surface area contributed by atoms with Crippen molar-refractivity contribution < 1.29 is 4.79 Å². The molecule has 128 valence electrons. The number of nitrogens with one attached hydrogen (secondary N) is 3. The summed E-state index contributed by atoms with van der Waals surface area (Å²) in [5.41, 5.74) is 0. The summed E-state index contributed by atoms with van der Waals surface area (Å²) in [7, 11) is 3.28. The van der Waals surface area contributed by atoms with Crippen LogP contribution in [0.5, 0.6) is 0 Å². The highest BCUT2D eigenvalue weighted by Gasteiger charge is 2.25. The predicted octanol–water partition coefficient (Wildman–Crippen LogP) is 0.843. The molecule has 0 bridgehead atoms. The molecule has 2 heterocycles. The summed E-state index contributed by atoms with van der Waals surface area (Å²) in [5, 5.41) is 9.51. The van der Waals surface area contributed by atoms with Crippen LogP contribution in [-0.2, 0) is 4.79 Å². The smallest absolute Gasteiger partial charge is 0.239 e. The number of carbonyl (C=O) groups is 1. The van der Waals surface area contributed by atoms with Crippen molar-refractivity contribution >= 4 is 53.3 Å². The summed E-state index contributed by atoms with van der Waals surface area (Å²) < 4.78 is 0. The molecular weight excluding hydrogens is 431 g/mol. The van der Waals surface area contributed by atoms with Gasteiger partial charge in [-0.05, 0) is 18.6 Å². The van der Waals surface area contributed by atoms with E-state index in [0.29, 0.717) is 11.0 Å². The minimum Gasteiger partial charge on any atom is -0.358 e. The molecule has 1 saturated heterocycles. The Balaban J connectivity index is 0.00000264. The number of guanidine groups is 1. The summed E-state index contributed by atoms with van der Waals surface area (Å²) in [6, 6.07) is 3.89. The molecule has 7 nitrogen and oxygen atoms in total. The molecule has 23 heavy (non-hydrogen) atoms. The van der Waals surface area contributed by atoms with Crippen molar-refractivity contribution in [3.63, 3.8) is 0 Å². The van der Waals surface area contributed by atoms with E-state index in [1.54, 1.807) is 20.3 Å². The summed E-state index contributed by atoms with van der Waals surface area (Å²) in [5.74, 6) is 1.33. The van der Waals surface area contributed by atoms with Crippen molar-refractivity contribution in [2.24, 2.45) is 4.99 Å². The third-order valence-electron chi connectivity index (χ3n) is 3.49. The zero-order valence-electron chi connectivity index (χ0n) is 13.2. The summed E-state index contributed by atoms with van der Waals surface area (Å²) >= 11 is 6.18. The first-order chi connectivity index (χ1) is 10.6. The number of nitrogens with zero attached hydrogens (tertiary/aromatic N) is 3. The van der Waals surface area contributed by atoms with Crippen LogP contribution < -0.4 is 20.9 Å². The second kappa shape index (κ2) is 9.76. The van der Waals surface area contributed by atoms with Crippen LogP contribution in [0.2, 0.25) is 5.02 Å². The van der Waals surface area contributed by atoms with Gasteiger partial charge in [0, 0.05) is 39.4 Å². The van der Waals surface area contributed by atoms with E-state index < -0.39 is 0 Å². The van der Waals surface area contributed by atoms with Crippen molar-refractivity contribution in [1.29, 1.82) is 0 Å². The lowest BCUT2D eigenvalue weighted by Gasteiger charge is -2.20. The lowest BCUT2D eigenvalue weighted by Crippen LogP contribution is -2.47. The van der Waals surface area contributed by atoms with Gasteiger partial charge in [0.05, 0.1) is 11.6 Å². The van der Waals surface area contributed by atoms with Crippen LogP contribution in [0, 0.1) is 0 Å². The molecule has 0 aromatic carbocycles. The SMILES string of the molecule is CN=C(NCC(=O)NC)NC1CCN(c2ncccc2Cl)C1.I. The minimum atomic E-state index is -0.0868. The Bertz CT molecular complexity index is 556. The van der Waals surface area contributed by atoms with Crippen LogP contribution in [-0.4, -0.2) is 56.6 Å². The Morgan fingerprint density at radius 2 is 2.35 bits per heavy atom. The van der Waals surface area contributed by atoms with Gasteiger partial charge in [0.2, 0.25) is 5.91 Å². The lowest BCUT2D eigenvalue weighted by atomic mass is 10.3. The Labute approximate surface area is 158 Å². The molecule has 9 heteroatoms. The first kappa shape index (κ1) is 19.8. The molecule has 1 aliphatic heterocycles. The van der Waals surface area contributed by atoms with Gasteiger partial charge in [-0.2, -0.15) is 0 Å². The molecule has 2 rings (SSSR count). The fourth-order valence-electron chi connectivity index (χ4n) is 2.32. The van der Waals surface area contributed by atoms with Crippen LogP contribution in [0.3, 0.4) is 0 Å². The number of likely N-dealkylation sites (N-methyl/N-ethyl adjacent to an activating group) is 1. The number of rotatable bonds is 4. The molecule has 1 atom stereocenters. The molecule has 1 amide bonds. The summed E-state index contributed by atoms with van der Waals surface area (Å²) in [4.78, 5) is 21.9. The van der Waals surface area contributed by atoms with Crippen molar-refractivity contribution in [2.75, 3.05) is 38.6 Å². The number of aromatic nitrogens is 1. The highest BCUT2D eigenvalue weighted by molar-refractivity contribution is 14.0. The normalized spacial score (nSPS) is 17.4. The van der Waals surface area contributed by atoms with Gasteiger partial charge in [-0.3, -0.25) is 9.79 Å². The van der Waals surface area contributed by atoms with Gasteiger partial charge >= 0.3 is 0 Å². The van der Waals surface area contributed by atoms with Gasteiger partial charge in [0.25, 0.3) is 0 Å². The predicted molar refractivity (Wildman–Crippen MR) is 104 cm³/mol. The van der Waals surface area contributed by atoms with Crippen molar-refractivity contribution in [1.82, 2.24) is 20.9 Å². The Morgan fingerprint density at radius 3 is 3.00 bits per heavy atom. The van der Waals surface area contributed by atoms with E-state index >= 15 is 0 Å². The zero-order valence-corrected chi connectivity index (χ0v) is 16.3. The highest BCUT2D eigenvalue weighted by atomic mass is 127. The zero-order chi connectivity index (χ0) is 15.9. The molecule has 0 radical (unpaired) electrons. The molecule has 0 spiro atoms. The first-order valence-electron chi connectivity index (χ1n) is 7.17. The molecule has 1 unspecified atom stereocenters. The number of halogens is 2. The van der Waals surface area contributed by atoms with Crippen LogP contribution in [0.25, 0.3) is 0 Å². The largest absolute Gasteiger partial charge is 0.358 e. The molecule has 0 saturated carbocycles. The average Bonchev–Trinajstić information content (AvgIpc) is 2.99. The van der Waals surface area contributed by atoms with Crippen molar-refractivity contribution in [3.05, 3.63) is 23.4 Å². The van der Waals surface area contributed by atoms with E-state index in [0.717, 1.165) is 25.3 Å². The van der Waals surface area contributed by atoms with Crippen molar-refractivity contribution in [3.8, 4) is 0 Å². The molecule has 1 fully saturated rings. The van der Waals surface area contributed by atoms with Crippen LogP contribution in [0.4, 0.5) is 5.82 Å². The topological polar surface area (TPSA) is 81.6 Å². The number of pyridine rings is 1. The van der Waals surface area contributed by atoms with E-state index in [9.17, 15) is 4.79 Å². The average molecular weight is 453 g/mol. The van der Waals surface area contributed by atoms with Crippen LogP contribution in [0.1, 0.15) is 6.42 Å². The Morgan fingerprint density at radius 1 is 1.57 bits per heavy atom. The minimum absolute atomic E-state index is 0. The third kappa shape index (κ3) is 5.69. The molecule has 0 aliphatic carbocycles. The molecule has 3 N–H and O–H groups in total. The maximum Gasteiger partial charge on any atom is 0.239 e. The molecule has 1 aromatic heterocycles. The fraction of sp³-hybridized carbons (Fsp3) is 0.500. The number of amides is 1. The second-order valence-corrected chi connectivity index (χ2v) is 5.39. The number of anilines is 1. The number of hydrogen-bond acceptors (Lipinski definition) is 4. The summed E-state index contributed by atoms with van der Waals surface area (Å²) in [6.45, 7) is 1.86.